The van der Waals surface area contributed by atoms with Crippen LogP contribution in [0.3, 0.4) is 0 Å². The summed E-state index contributed by atoms with van der Waals surface area (Å²) in [7, 11) is 2.34. The normalized spacial score (nSPS) is 11.4. The number of benzene rings is 1. The van der Waals surface area contributed by atoms with Gasteiger partial charge in [-0.15, -0.1) is 0 Å². The van der Waals surface area contributed by atoms with Gasteiger partial charge >= 0.3 is 18.0 Å². The molecule has 0 fully saturated rings. The molecule has 8 nitrogen and oxygen atoms in total. The van der Waals surface area contributed by atoms with Crippen molar-refractivity contribution < 1.29 is 28.6 Å². The summed E-state index contributed by atoms with van der Waals surface area (Å²) < 4.78 is 14.3. The summed E-state index contributed by atoms with van der Waals surface area (Å²) in [5.41, 5.74) is -0.205. The summed E-state index contributed by atoms with van der Waals surface area (Å²) in [6.45, 7) is 5.21. The third-order valence-corrected chi connectivity index (χ3v) is 3.08. The molecule has 0 unspecified atom stereocenters. The Hall–Kier alpha value is -2.74. The fraction of sp³-hybridized carbons (Fsp3) is 0.353. The van der Waals surface area contributed by atoms with Crippen molar-refractivity contribution in [2.75, 3.05) is 24.9 Å². The predicted molar refractivity (Wildman–Crippen MR) is 97.0 cm³/mol. The number of anilines is 2. The summed E-state index contributed by atoms with van der Waals surface area (Å²) in [5.74, 6) is -1.55. The molecule has 26 heavy (non-hydrogen) atoms. The van der Waals surface area contributed by atoms with E-state index in [0.717, 1.165) is 13.2 Å². The number of nitrogens with one attached hydrogen (secondary N) is 2. The van der Waals surface area contributed by atoms with Crippen LogP contribution in [0.1, 0.15) is 20.8 Å². The highest BCUT2D eigenvalue weighted by molar-refractivity contribution is 6.33. The molecule has 0 radical (unpaired) electrons. The summed E-state index contributed by atoms with van der Waals surface area (Å²) in [6.07, 6.45) is 0.278. The molecule has 1 amide bonds. The van der Waals surface area contributed by atoms with Crippen LogP contribution < -0.4 is 10.6 Å². The van der Waals surface area contributed by atoms with E-state index in [4.69, 9.17) is 16.3 Å². The third-order valence-electron chi connectivity index (χ3n) is 2.75. The SMILES string of the molecule is COC(=O)/C=C(/Nc1cc(NC(=O)OC(C)(C)C)ccc1Cl)C(=O)OC. The molecule has 1 aromatic carbocycles. The van der Waals surface area contributed by atoms with Crippen LogP contribution in [0.2, 0.25) is 5.02 Å². The minimum absolute atomic E-state index is 0.185. The Bertz CT molecular complexity index is 724. The highest BCUT2D eigenvalue weighted by atomic mass is 35.5. The number of halogens is 1. The quantitative estimate of drug-likeness (QED) is 0.456. The Kier molecular flexibility index (Phi) is 7.45. The molecular weight excluding hydrogens is 364 g/mol. The van der Waals surface area contributed by atoms with Crippen LogP contribution in [-0.2, 0) is 23.8 Å². The average Bonchev–Trinajstić information content (AvgIpc) is 2.54. The number of amides is 1. The Labute approximate surface area is 156 Å². The fourth-order valence-corrected chi connectivity index (χ4v) is 1.86. The van der Waals surface area contributed by atoms with Gasteiger partial charge in [-0.2, -0.15) is 0 Å². The monoisotopic (exact) mass is 384 g/mol. The standard InChI is InChI=1S/C17H21ClN2O6/c1-17(2,3)26-16(23)19-10-6-7-11(18)12(8-10)20-13(15(22)25-5)9-14(21)24-4/h6-9,20H,1-5H3,(H,19,23)/b13-9+. The lowest BCUT2D eigenvalue weighted by Crippen LogP contribution is -2.27. The zero-order valence-electron chi connectivity index (χ0n) is 15.1. The van der Waals surface area contributed by atoms with E-state index in [1.165, 1.54) is 19.2 Å². The Morgan fingerprint density at radius 3 is 2.27 bits per heavy atom. The zero-order chi connectivity index (χ0) is 19.9. The molecule has 9 heteroatoms. The van der Waals surface area contributed by atoms with Gasteiger partial charge in [0.15, 0.2) is 0 Å². The summed E-state index contributed by atoms with van der Waals surface area (Å²) in [6, 6.07) is 4.53. The molecule has 0 aliphatic carbocycles. The fourth-order valence-electron chi connectivity index (χ4n) is 1.70. The lowest BCUT2D eigenvalue weighted by atomic mass is 10.2. The van der Waals surface area contributed by atoms with E-state index in [2.05, 4.69) is 20.1 Å². The molecule has 0 saturated carbocycles. The van der Waals surface area contributed by atoms with Crippen molar-refractivity contribution in [1.82, 2.24) is 0 Å². The van der Waals surface area contributed by atoms with Crippen molar-refractivity contribution in [2.45, 2.75) is 26.4 Å². The largest absolute Gasteiger partial charge is 0.466 e. The summed E-state index contributed by atoms with van der Waals surface area (Å²) in [4.78, 5) is 35.1. The number of esters is 2. The second-order valence-electron chi connectivity index (χ2n) is 6.02. The van der Waals surface area contributed by atoms with E-state index in [1.807, 2.05) is 0 Å². The van der Waals surface area contributed by atoms with Crippen LogP contribution in [0.5, 0.6) is 0 Å². The van der Waals surface area contributed by atoms with Gasteiger partial charge in [0, 0.05) is 5.69 Å². The van der Waals surface area contributed by atoms with Gasteiger partial charge in [-0.05, 0) is 39.0 Å². The first kappa shape index (κ1) is 21.3. The second kappa shape index (κ2) is 9.10. The molecule has 0 saturated heterocycles. The summed E-state index contributed by atoms with van der Waals surface area (Å²) in [5, 5.41) is 5.48. The lowest BCUT2D eigenvalue weighted by Gasteiger charge is -2.20. The molecule has 0 bridgehead atoms. The minimum atomic E-state index is -0.794. The first-order valence-electron chi connectivity index (χ1n) is 7.50. The van der Waals surface area contributed by atoms with Crippen LogP contribution >= 0.6 is 11.6 Å². The molecule has 1 rings (SSSR count). The number of rotatable bonds is 5. The van der Waals surface area contributed by atoms with Gasteiger partial charge in [0.1, 0.15) is 11.3 Å². The number of hydrogen-bond donors (Lipinski definition) is 2. The summed E-state index contributed by atoms with van der Waals surface area (Å²) >= 11 is 6.10. The van der Waals surface area contributed by atoms with Gasteiger partial charge in [-0.3, -0.25) is 5.32 Å². The van der Waals surface area contributed by atoms with E-state index >= 15 is 0 Å². The van der Waals surface area contributed by atoms with E-state index < -0.39 is 23.6 Å². The molecule has 0 atom stereocenters. The number of methoxy groups -OCH3 is 2. The van der Waals surface area contributed by atoms with E-state index in [9.17, 15) is 14.4 Å². The van der Waals surface area contributed by atoms with Gasteiger partial charge in [0.05, 0.1) is 31.0 Å². The van der Waals surface area contributed by atoms with Gasteiger partial charge in [-0.1, -0.05) is 11.6 Å². The van der Waals surface area contributed by atoms with E-state index in [-0.39, 0.29) is 16.4 Å². The van der Waals surface area contributed by atoms with Crippen LogP contribution in [0.25, 0.3) is 0 Å². The maximum absolute atomic E-state index is 11.9. The first-order valence-corrected chi connectivity index (χ1v) is 7.88. The van der Waals surface area contributed by atoms with Gasteiger partial charge < -0.3 is 19.5 Å². The Morgan fingerprint density at radius 2 is 1.73 bits per heavy atom. The second-order valence-corrected chi connectivity index (χ2v) is 6.43. The maximum Gasteiger partial charge on any atom is 0.412 e. The van der Waals surface area contributed by atoms with Gasteiger partial charge in [-0.25, -0.2) is 14.4 Å². The molecule has 142 valence electrons. The lowest BCUT2D eigenvalue weighted by molar-refractivity contribution is -0.138. The molecule has 0 aliphatic heterocycles. The number of hydrogen-bond acceptors (Lipinski definition) is 7. The van der Waals surface area contributed by atoms with Crippen molar-refractivity contribution in [3.8, 4) is 0 Å². The molecule has 0 aliphatic rings. The first-order chi connectivity index (χ1) is 12.1. The molecule has 1 aromatic rings. The van der Waals surface area contributed by atoms with Gasteiger partial charge in [0.2, 0.25) is 0 Å². The Balaban J connectivity index is 3.05. The van der Waals surface area contributed by atoms with Crippen molar-refractivity contribution in [2.24, 2.45) is 0 Å². The smallest absolute Gasteiger partial charge is 0.412 e. The topological polar surface area (TPSA) is 103 Å². The zero-order valence-corrected chi connectivity index (χ0v) is 15.9. The number of ether oxygens (including phenoxy) is 3. The van der Waals surface area contributed by atoms with Crippen LogP contribution in [0, 0.1) is 0 Å². The molecule has 0 aromatic heterocycles. The Morgan fingerprint density at radius 1 is 1.08 bits per heavy atom. The van der Waals surface area contributed by atoms with Crippen LogP contribution in [0.4, 0.5) is 16.2 Å². The maximum atomic E-state index is 11.9. The number of carbonyl (C=O) groups is 3. The van der Waals surface area contributed by atoms with E-state index in [0.29, 0.717) is 5.69 Å². The third kappa shape index (κ3) is 7.02. The van der Waals surface area contributed by atoms with Crippen molar-refractivity contribution in [3.05, 3.63) is 35.0 Å². The van der Waals surface area contributed by atoms with Crippen molar-refractivity contribution >= 4 is 41.0 Å². The van der Waals surface area contributed by atoms with Crippen LogP contribution in [0.15, 0.2) is 30.0 Å². The molecular formula is C17H21ClN2O6. The molecule has 0 heterocycles. The predicted octanol–water partition coefficient (Wildman–Crippen LogP) is 3.33. The van der Waals surface area contributed by atoms with Gasteiger partial charge in [0.25, 0.3) is 0 Å². The van der Waals surface area contributed by atoms with E-state index in [1.54, 1.807) is 26.8 Å². The molecule has 0 spiro atoms. The highest BCUT2D eigenvalue weighted by Crippen LogP contribution is 2.27. The highest BCUT2D eigenvalue weighted by Gasteiger charge is 2.18. The van der Waals surface area contributed by atoms with Crippen molar-refractivity contribution in [1.29, 1.82) is 0 Å². The van der Waals surface area contributed by atoms with Crippen LogP contribution in [-0.4, -0.2) is 37.9 Å². The number of carbonyl (C=O) groups excluding carboxylic acids is 3. The average molecular weight is 385 g/mol. The minimum Gasteiger partial charge on any atom is -0.466 e. The molecule has 2 N–H and O–H groups in total. The van der Waals surface area contributed by atoms with Crippen molar-refractivity contribution in [3.63, 3.8) is 0 Å².